The minimum absolute atomic E-state index is 0.0249. The molecule has 3 N–H and O–H groups in total. The zero-order valence-corrected chi connectivity index (χ0v) is 33.5. The van der Waals surface area contributed by atoms with E-state index in [-0.39, 0.29) is 30.0 Å². The van der Waals surface area contributed by atoms with Crippen molar-refractivity contribution in [3.05, 3.63) is 76.2 Å². The molecule has 3 fully saturated rings. The Bertz CT molecular complexity index is 2670. The number of piperidine rings is 2. The second-order valence-corrected chi connectivity index (χ2v) is 17.3. The molecule has 0 spiro atoms. The molecule has 0 radical (unpaired) electrons. The first-order valence-corrected chi connectivity index (χ1v) is 21.1. The van der Waals surface area contributed by atoms with Gasteiger partial charge in [-0.1, -0.05) is 0 Å². The lowest BCUT2D eigenvalue weighted by atomic mass is 9.96. The summed E-state index contributed by atoms with van der Waals surface area (Å²) in [6, 6.07) is 17.9. The number of nitrogens with one attached hydrogen (secondary N) is 3. The van der Waals surface area contributed by atoms with Crippen molar-refractivity contribution in [3.8, 4) is 11.3 Å². The number of piperazine rings is 1. The Morgan fingerprint density at radius 3 is 2.47 bits per heavy atom. The molecule has 10 rings (SSSR count). The lowest BCUT2D eigenvalue weighted by molar-refractivity contribution is -0.135. The Labute approximate surface area is 338 Å². The first kappa shape index (κ1) is 36.5. The number of fused-ring (bicyclic) bond motifs is 6. The van der Waals surface area contributed by atoms with E-state index in [2.05, 4.69) is 67.0 Å². The van der Waals surface area contributed by atoms with Crippen molar-refractivity contribution in [3.63, 3.8) is 0 Å². The fourth-order valence-electron chi connectivity index (χ4n) is 9.29. The predicted molar refractivity (Wildman–Crippen MR) is 228 cm³/mol. The molecule has 3 amide bonds. The van der Waals surface area contributed by atoms with Crippen molar-refractivity contribution >= 4 is 78.3 Å². The second-order valence-electron chi connectivity index (χ2n) is 16.2. The van der Waals surface area contributed by atoms with Crippen LogP contribution in [0.2, 0.25) is 0 Å². The van der Waals surface area contributed by atoms with E-state index in [1.54, 1.807) is 11.6 Å². The third-order valence-electron chi connectivity index (χ3n) is 12.5. The lowest BCUT2D eigenvalue weighted by Crippen LogP contribution is -2.49. The highest BCUT2D eigenvalue weighted by molar-refractivity contribution is 7.21. The summed E-state index contributed by atoms with van der Waals surface area (Å²) in [4.78, 5) is 68.4. The van der Waals surface area contributed by atoms with Gasteiger partial charge in [0.05, 0.1) is 27.9 Å². The van der Waals surface area contributed by atoms with Crippen molar-refractivity contribution in [2.45, 2.75) is 44.7 Å². The Hall–Kier alpha value is -5.80. The van der Waals surface area contributed by atoms with Gasteiger partial charge in [-0.15, -0.1) is 11.3 Å². The largest absolute Gasteiger partial charge is 0.381 e. The van der Waals surface area contributed by atoms with E-state index in [1.165, 1.54) is 15.9 Å². The van der Waals surface area contributed by atoms with E-state index in [1.807, 2.05) is 31.3 Å². The smallest absolute Gasteiger partial charge is 0.329 e. The number of carbonyl (C=O) groups is 3. The summed E-state index contributed by atoms with van der Waals surface area (Å²) in [5.41, 5.74) is 5.98. The topological polar surface area (TPSA) is 150 Å². The van der Waals surface area contributed by atoms with Crippen LogP contribution in [0.3, 0.4) is 0 Å². The van der Waals surface area contributed by atoms with Crippen LogP contribution in [0.25, 0.3) is 43.3 Å². The molecule has 14 nitrogen and oxygen atoms in total. The zero-order chi connectivity index (χ0) is 39.7. The van der Waals surface area contributed by atoms with Crippen LogP contribution in [0.4, 0.5) is 17.2 Å². The zero-order valence-electron chi connectivity index (χ0n) is 32.7. The average Bonchev–Trinajstić information content (AvgIpc) is 3.69. The lowest BCUT2D eigenvalue weighted by Gasteiger charge is -2.40. The number of imidazole rings is 1. The maximum atomic E-state index is 13.2. The van der Waals surface area contributed by atoms with Gasteiger partial charge in [0.2, 0.25) is 11.8 Å². The van der Waals surface area contributed by atoms with Gasteiger partial charge in [-0.05, 0) is 86.7 Å². The third-order valence-corrected chi connectivity index (χ3v) is 13.7. The molecule has 3 saturated heterocycles. The molecule has 298 valence electrons. The molecule has 1 unspecified atom stereocenters. The predicted octanol–water partition coefficient (Wildman–Crippen LogP) is 4.73. The van der Waals surface area contributed by atoms with Crippen molar-refractivity contribution < 1.29 is 14.4 Å². The van der Waals surface area contributed by atoms with Gasteiger partial charge in [0.25, 0.3) is 5.91 Å². The highest BCUT2D eigenvalue weighted by Gasteiger charge is 2.32. The van der Waals surface area contributed by atoms with E-state index in [0.717, 1.165) is 118 Å². The number of benzene rings is 2. The highest BCUT2D eigenvalue weighted by Crippen LogP contribution is 2.41. The fraction of sp³-hybridized carbons (Fsp3) is 0.395. The number of aromatic nitrogens is 4. The molecule has 0 bridgehead atoms. The molecular weight excluding hydrogens is 753 g/mol. The summed E-state index contributed by atoms with van der Waals surface area (Å²) in [5.74, 6) is 0.904. The molecule has 15 heteroatoms. The Morgan fingerprint density at radius 2 is 1.69 bits per heavy atom. The SMILES string of the molecule is C[C@@H]1CNc2c(sc3ccc4nc(-c5ccc(N6CCC(CN7CCN(c8ccc9c(c8)n(C)c(=O)n9C8CCC(=O)NC8=O)CC7)CC6)nc5)ccc4c23)C(=O)N1. The Balaban J connectivity index is 0.743. The molecule has 6 aromatic rings. The van der Waals surface area contributed by atoms with Gasteiger partial charge in [-0.2, -0.15) is 0 Å². The molecule has 0 saturated carbocycles. The number of hydrogen-bond donors (Lipinski definition) is 3. The summed E-state index contributed by atoms with van der Waals surface area (Å²) in [7, 11) is 1.74. The van der Waals surface area contributed by atoms with Gasteiger partial charge >= 0.3 is 5.69 Å². The van der Waals surface area contributed by atoms with Crippen LogP contribution in [0, 0.1) is 5.92 Å². The van der Waals surface area contributed by atoms with Crippen LogP contribution in [0.5, 0.6) is 0 Å². The van der Waals surface area contributed by atoms with Crippen molar-refractivity contribution in [2.75, 3.05) is 67.5 Å². The van der Waals surface area contributed by atoms with Crippen molar-refractivity contribution in [2.24, 2.45) is 13.0 Å². The maximum absolute atomic E-state index is 13.2. The average molecular weight is 799 g/mol. The summed E-state index contributed by atoms with van der Waals surface area (Å²) in [5, 5.41) is 11.1. The number of aryl methyl sites for hydroxylation is 1. The Kier molecular flexibility index (Phi) is 9.16. The molecule has 0 aliphatic carbocycles. The number of rotatable bonds is 6. The van der Waals surface area contributed by atoms with Crippen LogP contribution in [0.15, 0.2) is 65.6 Å². The number of imide groups is 1. The van der Waals surface area contributed by atoms with Crippen LogP contribution >= 0.6 is 11.3 Å². The Morgan fingerprint density at radius 1 is 0.862 bits per heavy atom. The maximum Gasteiger partial charge on any atom is 0.329 e. The van der Waals surface area contributed by atoms with Crippen molar-refractivity contribution in [1.82, 2.24) is 34.6 Å². The van der Waals surface area contributed by atoms with Gasteiger partial charge in [-0.3, -0.25) is 33.7 Å². The monoisotopic (exact) mass is 798 g/mol. The van der Waals surface area contributed by atoms with E-state index >= 15 is 0 Å². The number of nitrogens with zero attached hydrogens (tertiary/aromatic N) is 7. The van der Waals surface area contributed by atoms with E-state index < -0.39 is 11.9 Å². The first-order valence-electron chi connectivity index (χ1n) is 20.3. The molecular formula is C43H46N10O4S. The molecule has 8 heterocycles. The normalized spacial score (nSPS) is 21.0. The van der Waals surface area contributed by atoms with E-state index in [4.69, 9.17) is 9.97 Å². The first-order chi connectivity index (χ1) is 28.2. The molecule has 4 aliphatic rings. The number of thiophene rings is 1. The molecule has 4 aliphatic heterocycles. The number of hydrogen-bond acceptors (Lipinski definition) is 11. The number of pyridine rings is 2. The third kappa shape index (κ3) is 6.46. The molecule has 2 atom stereocenters. The molecule has 4 aromatic heterocycles. The second kappa shape index (κ2) is 14.5. The summed E-state index contributed by atoms with van der Waals surface area (Å²) < 4.78 is 4.22. The van der Waals surface area contributed by atoms with Crippen LogP contribution in [-0.4, -0.2) is 100 Å². The summed E-state index contributed by atoms with van der Waals surface area (Å²) in [6.45, 7) is 9.51. The number of amides is 3. The molecule has 58 heavy (non-hydrogen) atoms. The van der Waals surface area contributed by atoms with Crippen LogP contribution in [0.1, 0.15) is 48.3 Å². The number of carbonyl (C=O) groups excluding carboxylic acids is 3. The van der Waals surface area contributed by atoms with Gasteiger partial charge in [-0.25, -0.2) is 14.8 Å². The van der Waals surface area contributed by atoms with Crippen LogP contribution in [-0.2, 0) is 16.6 Å². The summed E-state index contributed by atoms with van der Waals surface area (Å²) in [6.07, 6.45) is 4.73. The van der Waals surface area contributed by atoms with E-state index in [9.17, 15) is 19.2 Å². The van der Waals surface area contributed by atoms with Crippen molar-refractivity contribution in [1.29, 1.82) is 0 Å². The van der Waals surface area contributed by atoms with Gasteiger partial charge in [0.15, 0.2) is 0 Å². The minimum atomic E-state index is -0.683. The fourth-order valence-corrected chi connectivity index (χ4v) is 10.4. The minimum Gasteiger partial charge on any atom is -0.381 e. The number of anilines is 3. The van der Waals surface area contributed by atoms with Gasteiger partial charge in [0, 0.05) is 105 Å². The van der Waals surface area contributed by atoms with E-state index in [0.29, 0.717) is 24.4 Å². The quantitative estimate of drug-likeness (QED) is 0.202. The van der Waals surface area contributed by atoms with Gasteiger partial charge in [0.1, 0.15) is 16.7 Å². The van der Waals surface area contributed by atoms with Crippen LogP contribution < -0.4 is 31.4 Å². The summed E-state index contributed by atoms with van der Waals surface area (Å²) >= 11 is 1.52. The van der Waals surface area contributed by atoms with Gasteiger partial charge < -0.3 is 20.4 Å². The highest BCUT2D eigenvalue weighted by atomic mass is 32.1. The standard InChI is InChI=1S/C43H46N10O4S/c1-25-22-45-39-38-29-5-6-30(47-31(29)7-10-35(38)58-40(39)42(56)46-25)27-3-11-36(44-23-27)52-15-13-26(14-16-52)24-50-17-19-51(20-18-50)28-4-8-32-34(21-28)49(2)43(57)53(32)33-9-12-37(54)48-41(33)55/h3-8,10-11,21,23,25-26,33,45H,9,12-20,22,24H2,1-2H3,(H,46,56)(H,48,54,55)/t25-,33?/m1/s1. The molecule has 2 aromatic carbocycles.